The normalized spacial score (nSPS) is 23.1. The number of unbranched alkanes of at least 4 members (excludes halogenated alkanes) is 1. The van der Waals surface area contributed by atoms with Gasteiger partial charge in [-0.05, 0) is 57.0 Å². The first-order valence-electron chi connectivity index (χ1n) is 7.88. The molecule has 4 nitrogen and oxygen atoms in total. The highest BCUT2D eigenvalue weighted by Crippen LogP contribution is 2.39. The van der Waals surface area contributed by atoms with Gasteiger partial charge in [0.05, 0.1) is 6.61 Å². The van der Waals surface area contributed by atoms with Crippen LogP contribution in [0.15, 0.2) is 0 Å². The molecule has 2 fully saturated rings. The summed E-state index contributed by atoms with van der Waals surface area (Å²) in [5, 5.41) is 3.44. The molecule has 1 amide bonds. The number of amides is 1. The summed E-state index contributed by atoms with van der Waals surface area (Å²) in [6.07, 6.45) is 8.03. The molecule has 2 aliphatic heterocycles. The van der Waals surface area contributed by atoms with Crippen molar-refractivity contribution < 1.29 is 9.53 Å². The summed E-state index contributed by atoms with van der Waals surface area (Å²) in [7, 11) is 0. The number of hydrogen-bond acceptors (Lipinski definition) is 3. The van der Waals surface area contributed by atoms with Gasteiger partial charge in [-0.1, -0.05) is 13.3 Å². The number of hydrogen-bond donors (Lipinski definition) is 1. The van der Waals surface area contributed by atoms with Crippen molar-refractivity contribution in [3.63, 3.8) is 0 Å². The molecule has 1 spiro atoms. The number of likely N-dealkylation sites (tertiary alicyclic amines) is 1. The summed E-state index contributed by atoms with van der Waals surface area (Å²) < 4.78 is 5.33. The van der Waals surface area contributed by atoms with Crippen molar-refractivity contribution in [2.45, 2.75) is 51.9 Å². The second-order valence-corrected chi connectivity index (χ2v) is 6.06. The predicted molar refractivity (Wildman–Crippen MR) is 76.2 cm³/mol. The summed E-state index contributed by atoms with van der Waals surface area (Å²) >= 11 is 0. The van der Waals surface area contributed by atoms with Crippen LogP contribution in [0.25, 0.3) is 0 Å². The zero-order chi connectivity index (χ0) is 13.6. The van der Waals surface area contributed by atoms with Gasteiger partial charge in [-0.2, -0.15) is 0 Å². The fraction of sp³-hybridized carbons (Fsp3) is 0.933. The Labute approximate surface area is 116 Å². The number of nitrogens with one attached hydrogen (secondary N) is 1. The Morgan fingerprint density at radius 1 is 1.21 bits per heavy atom. The van der Waals surface area contributed by atoms with E-state index in [1.54, 1.807) is 0 Å². The standard InChI is InChI=1S/C15H28N2O2/c1-2-3-13-19-14(18)17-11-4-5-15(8-12-17)6-9-16-10-7-15/h16H,2-13H2,1H3. The largest absolute Gasteiger partial charge is 0.449 e. The van der Waals surface area contributed by atoms with E-state index in [1.807, 2.05) is 4.90 Å². The number of rotatable bonds is 3. The number of piperidine rings is 1. The third kappa shape index (κ3) is 4.10. The maximum Gasteiger partial charge on any atom is 0.409 e. The molecule has 0 unspecified atom stereocenters. The summed E-state index contributed by atoms with van der Waals surface area (Å²) in [5.41, 5.74) is 0.490. The van der Waals surface area contributed by atoms with Crippen LogP contribution in [0.4, 0.5) is 4.79 Å². The Bertz CT molecular complexity index is 288. The van der Waals surface area contributed by atoms with Crippen LogP contribution in [0.3, 0.4) is 0 Å². The summed E-state index contributed by atoms with van der Waals surface area (Å²) in [6.45, 7) is 6.72. The third-order valence-electron chi connectivity index (χ3n) is 4.69. The van der Waals surface area contributed by atoms with Crippen molar-refractivity contribution in [3.05, 3.63) is 0 Å². The Balaban J connectivity index is 1.80. The number of nitrogens with zero attached hydrogens (tertiary/aromatic N) is 1. The first kappa shape index (κ1) is 14.6. The van der Waals surface area contributed by atoms with Gasteiger partial charge in [0, 0.05) is 13.1 Å². The van der Waals surface area contributed by atoms with Gasteiger partial charge in [-0.25, -0.2) is 4.79 Å². The summed E-state index contributed by atoms with van der Waals surface area (Å²) in [4.78, 5) is 13.9. The minimum atomic E-state index is -0.0977. The minimum Gasteiger partial charge on any atom is -0.449 e. The molecule has 0 radical (unpaired) electrons. The zero-order valence-electron chi connectivity index (χ0n) is 12.2. The van der Waals surface area contributed by atoms with Gasteiger partial charge in [0.2, 0.25) is 0 Å². The molecule has 110 valence electrons. The number of carbonyl (C=O) groups excluding carboxylic acids is 1. The molecular formula is C15H28N2O2. The lowest BCUT2D eigenvalue weighted by Gasteiger charge is -2.36. The minimum absolute atomic E-state index is 0.0977. The summed E-state index contributed by atoms with van der Waals surface area (Å²) in [5.74, 6) is 0. The van der Waals surface area contributed by atoms with E-state index < -0.39 is 0 Å². The highest BCUT2D eigenvalue weighted by atomic mass is 16.6. The monoisotopic (exact) mass is 268 g/mol. The zero-order valence-corrected chi connectivity index (χ0v) is 12.2. The molecule has 0 saturated carbocycles. The van der Waals surface area contributed by atoms with Gasteiger partial charge in [-0.15, -0.1) is 0 Å². The molecule has 2 heterocycles. The topological polar surface area (TPSA) is 41.6 Å². The Morgan fingerprint density at radius 2 is 2.00 bits per heavy atom. The molecule has 0 atom stereocenters. The lowest BCUT2D eigenvalue weighted by Crippen LogP contribution is -2.38. The smallest absolute Gasteiger partial charge is 0.409 e. The average Bonchev–Trinajstić information content (AvgIpc) is 2.63. The maximum atomic E-state index is 12.0. The average molecular weight is 268 g/mol. The van der Waals surface area contributed by atoms with E-state index >= 15 is 0 Å². The van der Waals surface area contributed by atoms with Crippen molar-refractivity contribution in [1.29, 1.82) is 0 Å². The van der Waals surface area contributed by atoms with Crippen LogP contribution in [-0.4, -0.2) is 43.8 Å². The SMILES string of the molecule is CCCCOC(=O)N1CCCC2(CCNCC2)CC1. The maximum absolute atomic E-state index is 12.0. The van der Waals surface area contributed by atoms with Gasteiger partial charge in [0.25, 0.3) is 0 Å². The van der Waals surface area contributed by atoms with Crippen molar-refractivity contribution in [2.24, 2.45) is 5.41 Å². The fourth-order valence-electron chi connectivity index (χ4n) is 3.29. The predicted octanol–water partition coefficient (Wildman–Crippen LogP) is 2.78. The highest BCUT2D eigenvalue weighted by molar-refractivity contribution is 5.67. The van der Waals surface area contributed by atoms with Crippen LogP contribution in [-0.2, 0) is 4.74 Å². The molecule has 4 heteroatoms. The van der Waals surface area contributed by atoms with Crippen molar-refractivity contribution >= 4 is 6.09 Å². The van der Waals surface area contributed by atoms with Crippen LogP contribution >= 0.6 is 0 Å². The fourth-order valence-corrected chi connectivity index (χ4v) is 3.29. The van der Waals surface area contributed by atoms with Crippen LogP contribution in [0.5, 0.6) is 0 Å². The molecule has 0 aromatic rings. The third-order valence-corrected chi connectivity index (χ3v) is 4.69. The van der Waals surface area contributed by atoms with Crippen LogP contribution < -0.4 is 5.32 Å². The molecule has 2 rings (SSSR count). The molecule has 0 bridgehead atoms. The lowest BCUT2D eigenvalue weighted by molar-refractivity contribution is 0.0991. The number of ether oxygens (including phenoxy) is 1. The second kappa shape index (κ2) is 7.13. The summed E-state index contributed by atoms with van der Waals surface area (Å²) in [6, 6.07) is 0. The quantitative estimate of drug-likeness (QED) is 0.800. The second-order valence-electron chi connectivity index (χ2n) is 6.06. The van der Waals surface area contributed by atoms with E-state index in [4.69, 9.17) is 4.74 Å². The molecule has 2 saturated heterocycles. The molecule has 0 aliphatic carbocycles. The molecule has 1 N–H and O–H groups in total. The molecule has 0 aromatic carbocycles. The van der Waals surface area contributed by atoms with E-state index in [2.05, 4.69) is 12.2 Å². The van der Waals surface area contributed by atoms with E-state index in [1.165, 1.54) is 19.3 Å². The van der Waals surface area contributed by atoms with E-state index in [-0.39, 0.29) is 6.09 Å². The lowest BCUT2D eigenvalue weighted by atomic mass is 9.73. The van der Waals surface area contributed by atoms with Crippen molar-refractivity contribution in [2.75, 3.05) is 32.8 Å². The molecule has 19 heavy (non-hydrogen) atoms. The van der Waals surface area contributed by atoms with Crippen LogP contribution in [0.1, 0.15) is 51.9 Å². The Kier molecular flexibility index (Phi) is 5.49. The van der Waals surface area contributed by atoms with Gasteiger partial charge in [0.1, 0.15) is 0 Å². The van der Waals surface area contributed by atoms with E-state index in [9.17, 15) is 4.79 Å². The van der Waals surface area contributed by atoms with Crippen molar-refractivity contribution in [1.82, 2.24) is 10.2 Å². The van der Waals surface area contributed by atoms with Gasteiger partial charge < -0.3 is 15.0 Å². The Hall–Kier alpha value is -0.770. The van der Waals surface area contributed by atoms with Crippen LogP contribution in [0.2, 0.25) is 0 Å². The molecule has 2 aliphatic rings. The van der Waals surface area contributed by atoms with Gasteiger partial charge in [-0.3, -0.25) is 0 Å². The van der Waals surface area contributed by atoms with Crippen molar-refractivity contribution in [3.8, 4) is 0 Å². The Morgan fingerprint density at radius 3 is 2.74 bits per heavy atom. The van der Waals surface area contributed by atoms with Gasteiger partial charge in [0.15, 0.2) is 0 Å². The number of carbonyl (C=O) groups is 1. The molecule has 0 aromatic heterocycles. The highest BCUT2D eigenvalue weighted by Gasteiger charge is 2.34. The van der Waals surface area contributed by atoms with Gasteiger partial charge >= 0.3 is 6.09 Å². The van der Waals surface area contributed by atoms with Crippen LogP contribution in [0, 0.1) is 5.41 Å². The van der Waals surface area contributed by atoms with E-state index in [0.29, 0.717) is 12.0 Å². The first-order valence-corrected chi connectivity index (χ1v) is 7.88. The molecular weight excluding hydrogens is 240 g/mol. The van der Waals surface area contributed by atoms with E-state index in [0.717, 1.165) is 51.9 Å². The first-order chi connectivity index (χ1) is 9.26.